The third-order valence-electron chi connectivity index (χ3n) is 4.64. The second kappa shape index (κ2) is 11.6. The Bertz CT molecular complexity index is 876. The number of aliphatic imine (C=N–C) groups is 1. The van der Waals surface area contributed by atoms with E-state index in [1.165, 1.54) is 0 Å². The van der Waals surface area contributed by atoms with Crippen LogP contribution >= 0.6 is 0 Å². The molecule has 2 aromatic rings. The van der Waals surface area contributed by atoms with Crippen LogP contribution in [0.3, 0.4) is 0 Å². The Morgan fingerprint density at radius 2 is 1.23 bits per heavy atom. The van der Waals surface area contributed by atoms with Crippen LogP contribution < -0.4 is 39.1 Å². The van der Waals surface area contributed by atoms with Crippen molar-refractivity contribution in [1.82, 2.24) is 10.6 Å². The van der Waals surface area contributed by atoms with Crippen molar-refractivity contribution in [3.05, 3.63) is 35.4 Å². The van der Waals surface area contributed by atoms with Crippen molar-refractivity contribution in [2.24, 2.45) is 4.99 Å². The summed E-state index contributed by atoms with van der Waals surface area (Å²) in [6.07, 6.45) is 0. The highest BCUT2D eigenvalue weighted by Gasteiger charge is 2.16. The van der Waals surface area contributed by atoms with Gasteiger partial charge in [-0.15, -0.1) is 0 Å². The minimum Gasteiger partial charge on any atom is -0.493 e. The lowest BCUT2D eigenvalue weighted by atomic mass is 10.1. The molecule has 0 fully saturated rings. The number of guanidine groups is 1. The third-order valence-corrected chi connectivity index (χ3v) is 4.64. The Balaban J connectivity index is 2.11. The Morgan fingerprint density at radius 3 is 1.71 bits per heavy atom. The smallest absolute Gasteiger partial charge is 0.203 e. The maximum absolute atomic E-state index is 5.53. The first-order valence-electron chi connectivity index (χ1n) is 9.57. The molecular formula is C22H31N3O6. The van der Waals surface area contributed by atoms with Gasteiger partial charge in [0.15, 0.2) is 29.0 Å². The monoisotopic (exact) mass is 433 g/mol. The van der Waals surface area contributed by atoms with Gasteiger partial charge in [-0.1, -0.05) is 0 Å². The molecule has 0 atom stereocenters. The summed E-state index contributed by atoms with van der Waals surface area (Å²) in [7, 11) is 11.2. The van der Waals surface area contributed by atoms with Crippen LogP contribution in [0.15, 0.2) is 29.3 Å². The molecule has 0 spiro atoms. The molecule has 0 amide bonds. The zero-order chi connectivity index (χ0) is 22.8. The highest BCUT2D eigenvalue weighted by Crippen LogP contribution is 2.40. The lowest BCUT2D eigenvalue weighted by Gasteiger charge is -2.18. The maximum Gasteiger partial charge on any atom is 0.203 e. The first-order valence-corrected chi connectivity index (χ1v) is 9.57. The van der Waals surface area contributed by atoms with E-state index in [1.807, 2.05) is 24.3 Å². The molecule has 2 aromatic carbocycles. The Kier molecular flexibility index (Phi) is 8.93. The quantitative estimate of drug-likeness (QED) is 0.436. The molecule has 0 unspecified atom stereocenters. The van der Waals surface area contributed by atoms with Gasteiger partial charge in [0.25, 0.3) is 0 Å². The van der Waals surface area contributed by atoms with E-state index in [-0.39, 0.29) is 0 Å². The second-order valence-corrected chi connectivity index (χ2v) is 6.31. The van der Waals surface area contributed by atoms with E-state index < -0.39 is 0 Å². The minimum absolute atomic E-state index is 0.471. The van der Waals surface area contributed by atoms with E-state index in [0.717, 1.165) is 11.1 Å². The van der Waals surface area contributed by atoms with Crippen LogP contribution in [0.25, 0.3) is 0 Å². The van der Waals surface area contributed by atoms with Crippen LogP contribution in [0.5, 0.6) is 34.5 Å². The molecule has 0 bridgehead atoms. The number of methoxy groups -OCH3 is 6. The number of ether oxygens (including phenoxy) is 6. The number of hydrogen-bond acceptors (Lipinski definition) is 7. The summed E-state index contributed by atoms with van der Waals surface area (Å²) in [6.45, 7) is 0.970. The van der Waals surface area contributed by atoms with Gasteiger partial charge in [-0.25, -0.2) is 0 Å². The Hall–Kier alpha value is -3.49. The Labute approximate surface area is 183 Å². The van der Waals surface area contributed by atoms with Gasteiger partial charge in [0.05, 0.1) is 42.7 Å². The molecular weight excluding hydrogens is 402 g/mol. The Morgan fingerprint density at radius 1 is 0.677 bits per heavy atom. The van der Waals surface area contributed by atoms with E-state index in [2.05, 4.69) is 15.6 Å². The highest BCUT2D eigenvalue weighted by atomic mass is 16.5. The molecule has 0 saturated carbocycles. The summed E-state index contributed by atoms with van der Waals surface area (Å²) in [5.74, 6) is 4.11. The standard InChI is InChI=1S/C22H31N3O6/c1-23-22(24-12-14-10-17(27-3)20(30-6)18(11-14)28-4)25-13-15-8-9-16(26-2)21(31-7)19(15)29-5/h8-11H,12-13H2,1-7H3,(H2,23,24,25). The molecule has 0 aliphatic heterocycles. The average molecular weight is 434 g/mol. The largest absolute Gasteiger partial charge is 0.493 e. The van der Waals surface area contributed by atoms with Crippen molar-refractivity contribution in [2.75, 3.05) is 49.7 Å². The number of nitrogens with one attached hydrogen (secondary N) is 2. The van der Waals surface area contributed by atoms with Crippen LogP contribution in [-0.2, 0) is 13.1 Å². The van der Waals surface area contributed by atoms with Crippen LogP contribution in [-0.4, -0.2) is 55.7 Å². The van der Waals surface area contributed by atoms with E-state index >= 15 is 0 Å². The number of nitrogens with zero attached hydrogens (tertiary/aromatic N) is 1. The second-order valence-electron chi connectivity index (χ2n) is 6.31. The van der Waals surface area contributed by atoms with E-state index in [1.54, 1.807) is 49.7 Å². The van der Waals surface area contributed by atoms with Crippen molar-refractivity contribution >= 4 is 5.96 Å². The molecule has 0 heterocycles. The maximum atomic E-state index is 5.53. The van der Waals surface area contributed by atoms with Crippen molar-refractivity contribution in [3.63, 3.8) is 0 Å². The lowest BCUT2D eigenvalue weighted by Crippen LogP contribution is -2.36. The summed E-state index contributed by atoms with van der Waals surface area (Å²) in [4.78, 5) is 4.28. The molecule has 0 saturated heterocycles. The van der Waals surface area contributed by atoms with E-state index in [4.69, 9.17) is 28.4 Å². The fourth-order valence-corrected chi connectivity index (χ4v) is 3.13. The van der Waals surface area contributed by atoms with Crippen molar-refractivity contribution in [2.45, 2.75) is 13.1 Å². The van der Waals surface area contributed by atoms with Crippen LogP contribution in [0.1, 0.15) is 11.1 Å². The minimum atomic E-state index is 0.471. The predicted octanol–water partition coefficient (Wildman–Crippen LogP) is 2.60. The summed E-state index contributed by atoms with van der Waals surface area (Å²) in [6, 6.07) is 7.53. The predicted molar refractivity (Wildman–Crippen MR) is 119 cm³/mol. The molecule has 9 nitrogen and oxygen atoms in total. The first kappa shape index (κ1) is 23.8. The van der Waals surface area contributed by atoms with Gasteiger partial charge in [0.1, 0.15) is 0 Å². The lowest BCUT2D eigenvalue weighted by molar-refractivity contribution is 0.322. The van der Waals surface area contributed by atoms with Gasteiger partial charge in [-0.3, -0.25) is 4.99 Å². The summed E-state index contributed by atoms with van der Waals surface area (Å²) < 4.78 is 32.5. The van der Waals surface area contributed by atoms with Gasteiger partial charge >= 0.3 is 0 Å². The van der Waals surface area contributed by atoms with Crippen LogP contribution in [0.4, 0.5) is 0 Å². The summed E-state index contributed by atoms with van der Waals surface area (Å²) >= 11 is 0. The number of hydrogen-bond donors (Lipinski definition) is 2. The average Bonchev–Trinajstić information content (AvgIpc) is 2.82. The van der Waals surface area contributed by atoms with Crippen LogP contribution in [0.2, 0.25) is 0 Å². The molecule has 0 aromatic heterocycles. The van der Waals surface area contributed by atoms with Gasteiger partial charge < -0.3 is 39.1 Å². The van der Waals surface area contributed by atoms with Crippen LogP contribution in [0, 0.1) is 0 Å². The van der Waals surface area contributed by atoms with Crippen molar-refractivity contribution in [1.29, 1.82) is 0 Å². The number of rotatable bonds is 10. The fourth-order valence-electron chi connectivity index (χ4n) is 3.13. The highest BCUT2D eigenvalue weighted by molar-refractivity contribution is 5.79. The summed E-state index contributed by atoms with van der Waals surface area (Å²) in [5.41, 5.74) is 1.84. The van der Waals surface area contributed by atoms with Gasteiger partial charge in [0.2, 0.25) is 11.5 Å². The van der Waals surface area contributed by atoms with Crippen molar-refractivity contribution < 1.29 is 28.4 Å². The fraction of sp³-hybridized carbons (Fsp3) is 0.409. The molecule has 0 radical (unpaired) electrons. The molecule has 0 aliphatic rings. The normalized spacial score (nSPS) is 10.9. The van der Waals surface area contributed by atoms with Crippen molar-refractivity contribution in [3.8, 4) is 34.5 Å². The molecule has 170 valence electrons. The zero-order valence-corrected chi connectivity index (χ0v) is 19.1. The van der Waals surface area contributed by atoms with E-state index in [9.17, 15) is 0 Å². The zero-order valence-electron chi connectivity index (χ0n) is 19.1. The van der Waals surface area contributed by atoms with Gasteiger partial charge in [0, 0.05) is 25.7 Å². The van der Waals surface area contributed by atoms with Gasteiger partial charge in [-0.2, -0.15) is 0 Å². The third kappa shape index (κ3) is 5.56. The topological polar surface area (TPSA) is 91.8 Å². The molecule has 0 aliphatic carbocycles. The number of benzene rings is 2. The molecule has 9 heteroatoms. The molecule has 2 rings (SSSR count). The summed E-state index contributed by atoms with van der Waals surface area (Å²) in [5, 5.41) is 6.55. The van der Waals surface area contributed by atoms with E-state index in [0.29, 0.717) is 53.5 Å². The SMILES string of the molecule is CN=C(NCc1cc(OC)c(OC)c(OC)c1)NCc1ccc(OC)c(OC)c1OC. The molecule has 31 heavy (non-hydrogen) atoms. The van der Waals surface area contributed by atoms with Gasteiger partial charge in [-0.05, 0) is 29.8 Å². The first-order chi connectivity index (χ1) is 15.1. The molecule has 2 N–H and O–H groups in total.